The Morgan fingerprint density at radius 3 is 2.62 bits per heavy atom. The van der Waals surface area contributed by atoms with Crippen LogP contribution in [0.5, 0.6) is 0 Å². The van der Waals surface area contributed by atoms with Crippen molar-refractivity contribution < 1.29 is 9.84 Å². The normalized spacial score (nSPS) is 30.6. The molecule has 96 valence electrons. The van der Waals surface area contributed by atoms with Gasteiger partial charge in [0.15, 0.2) is 0 Å². The van der Waals surface area contributed by atoms with Crippen LogP contribution >= 0.6 is 0 Å². The second-order valence-electron chi connectivity index (χ2n) is 5.17. The first-order chi connectivity index (χ1) is 7.56. The number of aliphatic hydroxyl groups is 1. The van der Waals surface area contributed by atoms with Crippen LogP contribution in [0, 0.1) is 5.92 Å². The Morgan fingerprint density at radius 1 is 1.38 bits per heavy atom. The fourth-order valence-corrected chi connectivity index (χ4v) is 2.15. The van der Waals surface area contributed by atoms with E-state index in [2.05, 4.69) is 25.7 Å². The third-order valence-electron chi connectivity index (χ3n) is 3.51. The molecule has 0 aromatic carbocycles. The number of ether oxygens (including phenoxy) is 1. The third kappa shape index (κ3) is 4.04. The van der Waals surface area contributed by atoms with E-state index in [0.29, 0.717) is 12.0 Å². The molecule has 1 aliphatic heterocycles. The second-order valence-corrected chi connectivity index (χ2v) is 5.17. The lowest BCUT2D eigenvalue weighted by molar-refractivity contribution is -0.0224. The summed E-state index contributed by atoms with van der Waals surface area (Å²) in [6.45, 7) is 10.3. The summed E-state index contributed by atoms with van der Waals surface area (Å²) >= 11 is 0. The van der Waals surface area contributed by atoms with Crippen LogP contribution < -0.4 is 0 Å². The number of hydrogen-bond donors (Lipinski definition) is 1. The summed E-state index contributed by atoms with van der Waals surface area (Å²) in [6, 6.07) is 0. The van der Waals surface area contributed by atoms with E-state index in [-0.39, 0.29) is 12.3 Å². The minimum Gasteiger partial charge on any atom is -0.392 e. The number of rotatable bonds is 6. The van der Waals surface area contributed by atoms with Crippen LogP contribution in [0.4, 0.5) is 0 Å². The molecule has 16 heavy (non-hydrogen) atoms. The van der Waals surface area contributed by atoms with E-state index >= 15 is 0 Å². The molecule has 3 heteroatoms. The quantitative estimate of drug-likeness (QED) is 0.758. The van der Waals surface area contributed by atoms with Gasteiger partial charge in [0.05, 0.1) is 12.2 Å². The highest BCUT2D eigenvalue weighted by Crippen LogP contribution is 2.23. The monoisotopic (exact) mass is 229 g/mol. The first kappa shape index (κ1) is 13.9. The van der Waals surface area contributed by atoms with Gasteiger partial charge in [0, 0.05) is 13.1 Å². The van der Waals surface area contributed by atoms with Crippen LogP contribution in [-0.4, -0.2) is 41.5 Å². The highest BCUT2D eigenvalue weighted by molar-refractivity contribution is 4.78. The lowest BCUT2D eigenvalue weighted by Crippen LogP contribution is -2.37. The van der Waals surface area contributed by atoms with Gasteiger partial charge < -0.3 is 9.84 Å². The molecule has 0 spiro atoms. The van der Waals surface area contributed by atoms with Crippen molar-refractivity contribution in [2.24, 2.45) is 5.92 Å². The summed E-state index contributed by atoms with van der Waals surface area (Å²) in [4.78, 5) is 2.30. The molecule has 0 aromatic heterocycles. The molecule has 1 heterocycles. The molecule has 0 bridgehead atoms. The number of aliphatic hydroxyl groups excluding tert-OH is 1. The molecule has 1 aliphatic rings. The van der Waals surface area contributed by atoms with E-state index in [4.69, 9.17) is 4.74 Å². The topological polar surface area (TPSA) is 32.7 Å². The number of β-amino-alcohol motifs (C(OH)–C–C–N with tert-alkyl or cyclic N) is 1. The smallest absolute Gasteiger partial charge is 0.111 e. The van der Waals surface area contributed by atoms with Crippen LogP contribution in [-0.2, 0) is 4.74 Å². The maximum atomic E-state index is 9.72. The van der Waals surface area contributed by atoms with Gasteiger partial charge in [-0.15, -0.1) is 0 Å². The Hall–Kier alpha value is -0.120. The van der Waals surface area contributed by atoms with E-state index in [0.717, 1.165) is 25.9 Å². The van der Waals surface area contributed by atoms with Gasteiger partial charge in [-0.2, -0.15) is 0 Å². The Morgan fingerprint density at radius 2 is 2.06 bits per heavy atom. The standard InChI is InChI=1S/C13H27NO2/c1-5-10(3)7-13-14(8-11(4)16-13)9-12(15)6-2/h10-13,15H,5-9H2,1-4H3. The molecular weight excluding hydrogens is 202 g/mol. The second kappa shape index (κ2) is 6.58. The molecule has 4 unspecified atom stereocenters. The van der Waals surface area contributed by atoms with Gasteiger partial charge in [0.2, 0.25) is 0 Å². The Bertz CT molecular complexity index is 178. The predicted octanol–water partition coefficient (Wildman–Crippen LogP) is 2.24. The van der Waals surface area contributed by atoms with Gasteiger partial charge in [-0.1, -0.05) is 27.2 Å². The molecule has 0 radical (unpaired) electrons. The van der Waals surface area contributed by atoms with E-state index in [1.807, 2.05) is 6.92 Å². The summed E-state index contributed by atoms with van der Waals surface area (Å²) in [6.07, 6.45) is 3.40. The number of nitrogens with zero attached hydrogens (tertiary/aromatic N) is 1. The average Bonchev–Trinajstić information content (AvgIpc) is 2.58. The molecule has 0 aliphatic carbocycles. The first-order valence-corrected chi connectivity index (χ1v) is 6.64. The molecule has 0 aromatic rings. The minimum atomic E-state index is -0.215. The van der Waals surface area contributed by atoms with Crippen molar-refractivity contribution in [3.8, 4) is 0 Å². The summed E-state index contributed by atoms with van der Waals surface area (Å²) in [5.41, 5.74) is 0. The lowest BCUT2D eigenvalue weighted by Gasteiger charge is -2.26. The summed E-state index contributed by atoms with van der Waals surface area (Å²) in [5, 5.41) is 9.72. The molecule has 1 N–H and O–H groups in total. The fourth-order valence-electron chi connectivity index (χ4n) is 2.15. The number of hydrogen-bond acceptors (Lipinski definition) is 3. The minimum absolute atomic E-state index is 0.214. The average molecular weight is 229 g/mol. The van der Waals surface area contributed by atoms with Gasteiger partial charge >= 0.3 is 0 Å². The van der Waals surface area contributed by atoms with Gasteiger partial charge in [0.25, 0.3) is 0 Å². The zero-order chi connectivity index (χ0) is 12.1. The van der Waals surface area contributed by atoms with Crippen LogP contribution in [0.3, 0.4) is 0 Å². The van der Waals surface area contributed by atoms with Crippen molar-refractivity contribution in [1.82, 2.24) is 4.90 Å². The SMILES string of the molecule is CCC(C)CC1OC(C)CN1CC(O)CC. The van der Waals surface area contributed by atoms with E-state index < -0.39 is 0 Å². The van der Waals surface area contributed by atoms with Crippen molar-refractivity contribution in [3.05, 3.63) is 0 Å². The maximum absolute atomic E-state index is 9.72. The highest BCUT2D eigenvalue weighted by atomic mass is 16.5. The van der Waals surface area contributed by atoms with Gasteiger partial charge in [0.1, 0.15) is 6.23 Å². The van der Waals surface area contributed by atoms with Gasteiger partial charge in [-0.25, -0.2) is 0 Å². The molecule has 3 nitrogen and oxygen atoms in total. The van der Waals surface area contributed by atoms with Gasteiger partial charge in [-0.05, 0) is 25.7 Å². The maximum Gasteiger partial charge on any atom is 0.111 e. The highest BCUT2D eigenvalue weighted by Gasteiger charge is 2.31. The largest absolute Gasteiger partial charge is 0.392 e. The van der Waals surface area contributed by atoms with E-state index in [1.165, 1.54) is 6.42 Å². The predicted molar refractivity (Wildman–Crippen MR) is 66.3 cm³/mol. The van der Waals surface area contributed by atoms with Crippen molar-refractivity contribution in [1.29, 1.82) is 0 Å². The molecule has 0 saturated carbocycles. The first-order valence-electron chi connectivity index (χ1n) is 6.64. The molecule has 4 atom stereocenters. The van der Waals surface area contributed by atoms with Crippen LogP contribution in [0.2, 0.25) is 0 Å². The van der Waals surface area contributed by atoms with Crippen molar-refractivity contribution >= 4 is 0 Å². The van der Waals surface area contributed by atoms with Crippen molar-refractivity contribution in [2.45, 2.75) is 65.4 Å². The van der Waals surface area contributed by atoms with E-state index in [1.54, 1.807) is 0 Å². The summed E-state index contributed by atoms with van der Waals surface area (Å²) in [5.74, 6) is 0.691. The molecule has 1 rings (SSSR count). The van der Waals surface area contributed by atoms with Gasteiger partial charge in [-0.3, -0.25) is 4.90 Å². The third-order valence-corrected chi connectivity index (χ3v) is 3.51. The summed E-state index contributed by atoms with van der Waals surface area (Å²) in [7, 11) is 0. The van der Waals surface area contributed by atoms with Crippen LogP contribution in [0.1, 0.15) is 47.0 Å². The van der Waals surface area contributed by atoms with Crippen molar-refractivity contribution in [3.63, 3.8) is 0 Å². The molecule has 0 amide bonds. The molecule has 1 fully saturated rings. The van der Waals surface area contributed by atoms with Crippen molar-refractivity contribution in [2.75, 3.05) is 13.1 Å². The fraction of sp³-hybridized carbons (Fsp3) is 1.00. The Kier molecular flexibility index (Phi) is 5.73. The molecular formula is C13H27NO2. The van der Waals surface area contributed by atoms with E-state index in [9.17, 15) is 5.11 Å². The lowest BCUT2D eigenvalue weighted by atomic mass is 10.0. The zero-order valence-electron chi connectivity index (χ0n) is 11.1. The Balaban J connectivity index is 2.46. The van der Waals surface area contributed by atoms with Crippen LogP contribution in [0.25, 0.3) is 0 Å². The zero-order valence-corrected chi connectivity index (χ0v) is 11.1. The molecule has 1 saturated heterocycles. The Labute approximate surface area is 99.8 Å². The summed E-state index contributed by atoms with van der Waals surface area (Å²) < 4.78 is 5.91. The van der Waals surface area contributed by atoms with Crippen LogP contribution in [0.15, 0.2) is 0 Å².